The Morgan fingerprint density at radius 2 is 0.819 bits per heavy atom. The van der Waals surface area contributed by atoms with Gasteiger partial charge in [0.25, 0.3) is 0 Å². The van der Waals surface area contributed by atoms with Crippen molar-refractivity contribution in [1.82, 2.24) is 0 Å². The van der Waals surface area contributed by atoms with E-state index in [9.17, 15) is 45.3 Å². The van der Waals surface area contributed by atoms with Gasteiger partial charge < -0.3 is 64.2 Å². The maximum absolute atomic E-state index is 13.0. The van der Waals surface area contributed by atoms with E-state index in [0.717, 1.165) is 44.9 Å². The molecule has 72 heavy (non-hydrogen) atoms. The first-order valence-electron chi connectivity index (χ1n) is 28.6. The van der Waals surface area contributed by atoms with Gasteiger partial charge in [0.2, 0.25) is 0 Å². The monoisotopic (exact) mass is 1030 g/mol. The molecular formula is C57H102O15. The van der Waals surface area contributed by atoms with E-state index < -0.39 is 99.3 Å². The van der Waals surface area contributed by atoms with Crippen molar-refractivity contribution in [3.8, 4) is 0 Å². The molecule has 2 heterocycles. The molecule has 11 atom stereocenters. The van der Waals surface area contributed by atoms with Crippen LogP contribution in [0, 0.1) is 0 Å². The smallest absolute Gasteiger partial charge is 0.306 e. The molecule has 4 unspecified atom stereocenters. The molecule has 0 aromatic carbocycles. The SMILES string of the molecule is CCCCCCCC/C=C/CCCCCC(=O)OC[C@H](CO[C@H]1O[C@@H](CO[C@H]2O[C@@H](CO)[C@@H](O)C(O)C2O)[C@@H](O)C(O)C1O)OC(=O)CCC/C=C/CC/C=C/CCCCCCCCCCCCCCCC. The fraction of sp³-hybridized carbons (Fsp3) is 0.860. The summed E-state index contributed by atoms with van der Waals surface area (Å²) < 4.78 is 33.6. The van der Waals surface area contributed by atoms with Crippen LogP contribution in [0.1, 0.15) is 219 Å². The summed E-state index contributed by atoms with van der Waals surface area (Å²) in [5, 5.41) is 72.2. The molecule has 0 amide bonds. The minimum atomic E-state index is -1.77. The van der Waals surface area contributed by atoms with Crippen LogP contribution < -0.4 is 0 Å². The number of esters is 2. The van der Waals surface area contributed by atoms with Gasteiger partial charge in [0.15, 0.2) is 18.7 Å². The van der Waals surface area contributed by atoms with Crippen LogP contribution in [0.4, 0.5) is 0 Å². The number of unbranched alkanes of at least 4 members (excludes halogenated alkanes) is 25. The molecule has 2 rings (SSSR count). The van der Waals surface area contributed by atoms with Crippen LogP contribution in [-0.2, 0) is 38.0 Å². The maximum Gasteiger partial charge on any atom is 0.306 e. The Labute approximate surface area is 434 Å². The molecule has 0 aromatic heterocycles. The van der Waals surface area contributed by atoms with Gasteiger partial charge in [0.05, 0.1) is 19.8 Å². The minimum absolute atomic E-state index is 0.103. The van der Waals surface area contributed by atoms with E-state index in [1.807, 2.05) is 0 Å². The van der Waals surface area contributed by atoms with E-state index in [4.69, 9.17) is 28.4 Å². The second kappa shape index (κ2) is 43.9. The highest BCUT2D eigenvalue weighted by molar-refractivity contribution is 5.70. The van der Waals surface area contributed by atoms with E-state index in [1.165, 1.54) is 128 Å². The van der Waals surface area contributed by atoms with Gasteiger partial charge in [-0.05, 0) is 70.6 Å². The lowest BCUT2D eigenvalue weighted by molar-refractivity contribution is -0.332. The number of carbonyl (C=O) groups is 2. The highest BCUT2D eigenvalue weighted by Gasteiger charge is 2.47. The zero-order valence-corrected chi connectivity index (χ0v) is 44.7. The van der Waals surface area contributed by atoms with Crippen LogP contribution in [0.5, 0.6) is 0 Å². The van der Waals surface area contributed by atoms with Crippen LogP contribution in [-0.4, -0.2) is 142 Å². The van der Waals surface area contributed by atoms with E-state index in [1.54, 1.807) is 0 Å². The Bertz CT molecular complexity index is 1390. The minimum Gasteiger partial charge on any atom is -0.462 e. The molecule has 0 spiro atoms. The maximum atomic E-state index is 13.0. The molecule has 2 aliphatic heterocycles. The summed E-state index contributed by atoms with van der Waals surface area (Å²) >= 11 is 0. The van der Waals surface area contributed by atoms with Gasteiger partial charge in [-0.25, -0.2) is 0 Å². The van der Waals surface area contributed by atoms with E-state index >= 15 is 0 Å². The van der Waals surface area contributed by atoms with Crippen molar-refractivity contribution in [2.24, 2.45) is 0 Å². The van der Waals surface area contributed by atoms with Crippen LogP contribution >= 0.6 is 0 Å². The predicted molar refractivity (Wildman–Crippen MR) is 280 cm³/mol. The van der Waals surface area contributed by atoms with Crippen LogP contribution in [0.2, 0.25) is 0 Å². The lowest BCUT2D eigenvalue weighted by Gasteiger charge is -2.42. The van der Waals surface area contributed by atoms with Crippen molar-refractivity contribution in [2.45, 2.75) is 287 Å². The quantitative estimate of drug-likeness (QED) is 0.0171. The summed E-state index contributed by atoms with van der Waals surface area (Å²) in [5.41, 5.74) is 0. The second-order valence-electron chi connectivity index (χ2n) is 20.1. The summed E-state index contributed by atoms with van der Waals surface area (Å²) in [5.74, 6) is -0.988. The first-order valence-corrected chi connectivity index (χ1v) is 28.6. The number of hydrogen-bond donors (Lipinski definition) is 7. The molecule has 15 heteroatoms. The Kier molecular flexibility index (Phi) is 40.1. The molecule has 0 aliphatic carbocycles. The first kappa shape index (κ1) is 65.8. The van der Waals surface area contributed by atoms with E-state index in [2.05, 4.69) is 50.3 Å². The van der Waals surface area contributed by atoms with Crippen LogP contribution in [0.25, 0.3) is 0 Å². The molecule has 0 radical (unpaired) electrons. The van der Waals surface area contributed by atoms with Crippen molar-refractivity contribution in [3.63, 3.8) is 0 Å². The van der Waals surface area contributed by atoms with Gasteiger partial charge in [0.1, 0.15) is 55.4 Å². The second-order valence-corrected chi connectivity index (χ2v) is 20.1. The number of ether oxygens (including phenoxy) is 6. The van der Waals surface area contributed by atoms with Gasteiger partial charge in [-0.1, -0.05) is 172 Å². The molecule has 2 aliphatic rings. The average molecular weight is 1030 g/mol. The number of aliphatic hydroxyl groups is 7. The number of aliphatic hydroxyl groups excluding tert-OH is 7. The van der Waals surface area contributed by atoms with Gasteiger partial charge in [-0.3, -0.25) is 9.59 Å². The van der Waals surface area contributed by atoms with Gasteiger partial charge in [0, 0.05) is 12.8 Å². The van der Waals surface area contributed by atoms with Crippen molar-refractivity contribution in [2.75, 3.05) is 26.4 Å². The highest BCUT2D eigenvalue weighted by Crippen LogP contribution is 2.27. The largest absolute Gasteiger partial charge is 0.462 e. The molecule has 15 nitrogen and oxygen atoms in total. The zero-order chi connectivity index (χ0) is 52.4. The predicted octanol–water partition coefficient (Wildman–Crippen LogP) is 9.27. The Morgan fingerprint density at radius 3 is 1.31 bits per heavy atom. The Balaban J connectivity index is 1.77. The summed E-state index contributed by atoms with van der Waals surface area (Å²) in [6.45, 7) is 2.55. The fourth-order valence-electron chi connectivity index (χ4n) is 8.88. The molecule has 0 aromatic rings. The van der Waals surface area contributed by atoms with E-state index in [0.29, 0.717) is 19.3 Å². The summed E-state index contributed by atoms with van der Waals surface area (Å²) in [7, 11) is 0. The topological polar surface area (TPSA) is 231 Å². The number of rotatable bonds is 45. The summed E-state index contributed by atoms with van der Waals surface area (Å²) in [6.07, 6.45) is 31.9. The highest BCUT2D eigenvalue weighted by atomic mass is 16.7. The number of allylic oxidation sites excluding steroid dienone is 6. The molecule has 0 saturated carbocycles. The standard InChI is InChI=1S/C57H102O15/c1-3-5-7-9-11-13-15-17-18-19-20-21-22-23-24-25-26-28-30-32-34-36-38-40-49(60)70-45(42-67-48(59)39-37-35-33-31-29-27-16-14-12-10-8-6-4-2)43-68-56-55(66)53(64)51(62)47(72-56)44-69-57-54(65)52(63)50(61)46(41-58)71-57/h25-27,29,32,34,45-47,50-58,61-66H,3-24,28,30-31,33,35-44H2,1-2H3/b26-25+,29-27+,34-32+/t45-,46+,47+,50-,51-,52?,53?,54?,55?,56+,57+/m1/s1. The van der Waals surface area contributed by atoms with Crippen molar-refractivity contribution < 1.29 is 73.8 Å². The van der Waals surface area contributed by atoms with Crippen molar-refractivity contribution in [1.29, 1.82) is 0 Å². The zero-order valence-electron chi connectivity index (χ0n) is 44.7. The molecule has 7 N–H and O–H groups in total. The molecule has 2 fully saturated rings. The fourth-order valence-corrected chi connectivity index (χ4v) is 8.88. The normalized spacial score (nSPS) is 25.2. The molecule has 2 saturated heterocycles. The van der Waals surface area contributed by atoms with E-state index in [-0.39, 0.29) is 19.4 Å². The molecule has 0 bridgehead atoms. The van der Waals surface area contributed by atoms with Crippen molar-refractivity contribution >= 4 is 11.9 Å². The third kappa shape index (κ3) is 30.9. The summed E-state index contributed by atoms with van der Waals surface area (Å²) in [6, 6.07) is 0. The van der Waals surface area contributed by atoms with Crippen LogP contribution in [0.3, 0.4) is 0 Å². The van der Waals surface area contributed by atoms with Gasteiger partial charge >= 0.3 is 11.9 Å². The first-order chi connectivity index (χ1) is 35.0. The molecular weight excluding hydrogens is 925 g/mol. The van der Waals surface area contributed by atoms with Crippen molar-refractivity contribution in [3.05, 3.63) is 36.5 Å². The summed E-state index contributed by atoms with van der Waals surface area (Å²) in [4.78, 5) is 25.8. The molecule has 420 valence electrons. The lowest BCUT2D eigenvalue weighted by Crippen LogP contribution is -2.61. The third-order valence-corrected chi connectivity index (χ3v) is 13.6. The number of hydrogen-bond acceptors (Lipinski definition) is 15. The third-order valence-electron chi connectivity index (χ3n) is 13.6. The van der Waals surface area contributed by atoms with Gasteiger partial charge in [-0.2, -0.15) is 0 Å². The van der Waals surface area contributed by atoms with Crippen LogP contribution in [0.15, 0.2) is 36.5 Å². The Morgan fingerprint density at radius 1 is 0.431 bits per heavy atom. The Hall–Kier alpha value is -2.28. The lowest BCUT2D eigenvalue weighted by atomic mass is 9.98. The van der Waals surface area contributed by atoms with Gasteiger partial charge in [-0.15, -0.1) is 0 Å². The number of carbonyl (C=O) groups excluding carboxylic acids is 2. The average Bonchev–Trinajstić information content (AvgIpc) is 3.37.